The number of hydrogen-bond donors (Lipinski definition) is 1. The first-order valence-electron chi connectivity index (χ1n) is 7.61. The van der Waals surface area contributed by atoms with Crippen molar-refractivity contribution >= 4 is 5.82 Å². The Morgan fingerprint density at radius 3 is 2.43 bits per heavy atom. The van der Waals surface area contributed by atoms with E-state index in [2.05, 4.69) is 36.1 Å². The van der Waals surface area contributed by atoms with Crippen LogP contribution in [0.5, 0.6) is 5.75 Å². The van der Waals surface area contributed by atoms with E-state index >= 15 is 0 Å². The summed E-state index contributed by atoms with van der Waals surface area (Å²) in [5.41, 5.74) is 2.05. The van der Waals surface area contributed by atoms with E-state index in [0.29, 0.717) is 0 Å². The van der Waals surface area contributed by atoms with Crippen molar-refractivity contribution in [1.82, 2.24) is 9.97 Å². The third-order valence-corrected chi connectivity index (χ3v) is 3.08. The van der Waals surface area contributed by atoms with E-state index in [0.717, 1.165) is 54.6 Å². The molecule has 0 amide bonds. The highest BCUT2D eigenvalue weighted by atomic mass is 16.5. The van der Waals surface area contributed by atoms with Gasteiger partial charge in [0.15, 0.2) is 5.82 Å². The van der Waals surface area contributed by atoms with Gasteiger partial charge in [-0.3, -0.25) is 0 Å². The number of ether oxygens (including phenoxy) is 1. The molecule has 0 fully saturated rings. The Hall–Kier alpha value is -2.10. The summed E-state index contributed by atoms with van der Waals surface area (Å²) in [5, 5.41) is 3.26. The van der Waals surface area contributed by atoms with Gasteiger partial charge < -0.3 is 10.1 Å². The van der Waals surface area contributed by atoms with Gasteiger partial charge in [-0.15, -0.1) is 0 Å². The molecule has 112 valence electrons. The van der Waals surface area contributed by atoms with Crippen LogP contribution in [0.4, 0.5) is 5.82 Å². The lowest BCUT2D eigenvalue weighted by atomic mass is 10.2. The van der Waals surface area contributed by atoms with Crippen LogP contribution in [-0.2, 0) is 6.42 Å². The van der Waals surface area contributed by atoms with Crippen LogP contribution in [0.15, 0.2) is 30.3 Å². The molecule has 1 aromatic heterocycles. The highest BCUT2D eigenvalue weighted by Crippen LogP contribution is 2.21. The molecule has 2 aromatic rings. The van der Waals surface area contributed by atoms with E-state index in [1.54, 1.807) is 0 Å². The van der Waals surface area contributed by atoms with Gasteiger partial charge in [-0.1, -0.05) is 13.8 Å². The minimum atomic E-state index is 0.742. The van der Waals surface area contributed by atoms with Crippen LogP contribution >= 0.6 is 0 Å². The molecule has 0 spiro atoms. The molecule has 0 saturated carbocycles. The number of nitrogens with one attached hydrogen (secondary N) is 1. The van der Waals surface area contributed by atoms with Crippen molar-refractivity contribution in [1.29, 1.82) is 0 Å². The van der Waals surface area contributed by atoms with Crippen molar-refractivity contribution in [3.05, 3.63) is 36.0 Å². The van der Waals surface area contributed by atoms with Gasteiger partial charge in [0, 0.05) is 23.9 Å². The highest BCUT2D eigenvalue weighted by molar-refractivity contribution is 5.58. The normalized spacial score (nSPS) is 10.4. The van der Waals surface area contributed by atoms with Crippen LogP contribution in [0.25, 0.3) is 11.4 Å². The second-order valence-electron chi connectivity index (χ2n) is 4.82. The predicted molar refractivity (Wildman–Crippen MR) is 86.8 cm³/mol. The minimum absolute atomic E-state index is 0.742. The number of hydrogen-bond acceptors (Lipinski definition) is 4. The molecule has 0 aliphatic heterocycles. The first-order valence-corrected chi connectivity index (χ1v) is 7.61. The Labute approximate surface area is 126 Å². The van der Waals surface area contributed by atoms with Crippen LogP contribution in [0, 0.1) is 0 Å². The van der Waals surface area contributed by atoms with E-state index in [-0.39, 0.29) is 0 Å². The average molecular weight is 285 g/mol. The fourth-order valence-electron chi connectivity index (χ4n) is 2.00. The molecular weight excluding hydrogens is 262 g/mol. The van der Waals surface area contributed by atoms with E-state index in [1.807, 2.05) is 30.3 Å². The lowest BCUT2D eigenvalue weighted by molar-refractivity contribution is 0.317. The van der Waals surface area contributed by atoms with Gasteiger partial charge in [0.1, 0.15) is 11.6 Å². The zero-order valence-electron chi connectivity index (χ0n) is 13.0. The lowest BCUT2D eigenvalue weighted by Crippen LogP contribution is -2.03. The maximum absolute atomic E-state index is 5.60. The number of rotatable bonds is 7. The van der Waals surface area contributed by atoms with Crippen LogP contribution in [-0.4, -0.2) is 23.1 Å². The molecule has 1 heterocycles. The minimum Gasteiger partial charge on any atom is -0.494 e. The molecule has 0 bridgehead atoms. The maximum atomic E-state index is 5.60. The van der Waals surface area contributed by atoms with Crippen molar-refractivity contribution in [3.63, 3.8) is 0 Å². The maximum Gasteiger partial charge on any atom is 0.161 e. The van der Waals surface area contributed by atoms with Crippen LogP contribution in [0.2, 0.25) is 0 Å². The number of anilines is 1. The highest BCUT2D eigenvalue weighted by Gasteiger charge is 2.06. The molecule has 0 unspecified atom stereocenters. The molecule has 4 nitrogen and oxygen atoms in total. The van der Waals surface area contributed by atoms with Gasteiger partial charge in [0.2, 0.25) is 0 Å². The van der Waals surface area contributed by atoms with E-state index in [9.17, 15) is 0 Å². The van der Waals surface area contributed by atoms with Gasteiger partial charge in [-0.05, 0) is 44.0 Å². The summed E-state index contributed by atoms with van der Waals surface area (Å²) in [6.45, 7) is 7.85. The molecule has 0 atom stereocenters. The third-order valence-electron chi connectivity index (χ3n) is 3.08. The topological polar surface area (TPSA) is 47.0 Å². The summed E-state index contributed by atoms with van der Waals surface area (Å²) in [4.78, 5) is 9.17. The molecule has 2 rings (SSSR count). The molecule has 1 aromatic carbocycles. The van der Waals surface area contributed by atoms with Crippen molar-refractivity contribution < 1.29 is 4.74 Å². The number of nitrogens with zero attached hydrogens (tertiary/aromatic N) is 2. The Balaban J connectivity index is 2.25. The molecule has 4 heteroatoms. The Bertz CT molecular complexity index is 567. The van der Waals surface area contributed by atoms with Gasteiger partial charge in [0.05, 0.1) is 6.61 Å². The van der Waals surface area contributed by atoms with Gasteiger partial charge in [0.25, 0.3) is 0 Å². The summed E-state index contributed by atoms with van der Waals surface area (Å²) >= 11 is 0. The summed E-state index contributed by atoms with van der Waals surface area (Å²) in [6.07, 6.45) is 1.90. The monoisotopic (exact) mass is 285 g/mol. The summed E-state index contributed by atoms with van der Waals surface area (Å²) < 4.78 is 5.60. The quantitative estimate of drug-likeness (QED) is 0.837. The van der Waals surface area contributed by atoms with E-state index in [4.69, 9.17) is 4.74 Å². The fraction of sp³-hybridized carbons (Fsp3) is 0.412. The second kappa shape index (κ2) is 7.62. The lowest BCUT2D eigenvalue weighted by Gasteiger charge is -2.09. The SMILES string of the molecule is CCCOc1ccc(-c2nc(CC)cc(NCC)n2)cc1. The van der Waals surface area contributed by atoms with E-state index in [1.165, 1.54) is 0 Å². The summed E-state index contributed by atoms with van der Waals surface area (Å²) in [6, 6.07) is 9.97. The van der Waals surface area contributed by atoms with Crippen molar-refractivity contribution in [2.75, 3.05) is 18.5 Å². The Kier molecular flexibility index (Phi) is 5.55. The smallest absolute Gasteiger partial charge is 0.161 e. The zero-order chi connectivity index (χ0) is 15.1. The summed E-state index contributed by atoms with van der Waals surface area (Å²) in [5.74, 6) is 2.53. The second-order valence-corrected chi connectivity index (χ2v) is 4.82. The molecule has 0 aliphatic rings. The largest absolute Gasteiger partial charge is 0.494 e. The Morgan fingerprint density at radius 1 is 1.05 bits per heavy atom. The molecule has 0 aliphatic carbocycles. The molecule has 21 heavy (non-hydrogen) atoms. The number of benzene rings is 1. The van der Waals surface area contributed by atoms with Crippen molar-refractivity contribution in [3.8, 4) is 17.1 Å². The average Bonchev–Trinajstić information content (AvgIpc) is 2.53. The summed E-state index contributed by atoms with van der Waals surface area (Å²) in [7, 11) is 0. The molecule has 0 saturated heterocycles. The first-order chi connectivity index (χ1) is 10.3. The van der Waals surface area contributed by atoms with Crippen LogP contribution in [0.3, 0.4) is 0 Å². The van der Waals surface area contributed by atoms with Gasteiger partial charge in [-0.25, -0.2) is 9.97 Å². The standard InChI is InChI=1S/C17H23N3O/c1-4-11-21-15-9-7-13(8-10-15)17-19-14(5-2)12-16(20-17)18-6-3/h7-10,12H,4-6,11H2,1-3H3,(H,18,19,20). The third kappa shape index (κ3) is 4.18. The van der Waals surface area contributed by atoms with Crippen LogP contribution in [0.1, 0.15) is 32.9 Å². The number of aromatic nitrogens is 2. The van der Waals surface area contributed by atoms with E-state index < -0.39 is 0 Å². The van der Waals surface area contributed by atoms with Crippen molar-refractivity contribution in [2.45, 2.75) is 33.6 Å². The molecule has 1 N–H and O–H groups in total. The molecular formula is C17H23N3O. The fourth-order valence-corrected chi connectivity index (χ4v) is 2.00. The van der Waals surface area contributed by atoms with Crippen molar-refractivity contribution in [2.24, 2.45) is 0 Å². The van der Waals surface area contributed by atoms with Crippen LogP contribution < -0.4 is 10.1 Å². The predicted octanol–water partition coefficient (Wildman–Crippen LogP) is 3.93. The zero-order valence-corrected chi connectivity index (χ0v) is 13.0. The Morgan fingerprint density at radius 2 is 1.81 bits per heavy atom. The first kappa shape index (κ1) is 15.3. The molecule has 0 radical (unpaired) electrons. The van der Waals surface area contributed by atoms with Gasteiger partial charge >= 0.3 is 0 Å². The number of aryl methyl sites for hydroxylation is 1. The van der Waals surface area contributed by atoms with Gasteiger partial charge in [-0.2, -0.15) is 0 Å².